The lowest BCUT2D eigenvalue weighted by atomic mass is 10.3. The molecule has 4 rings (SSSR count). The van der Waals surface area contributed by atoms with Crippen LogP contribution in [0.25, 0.3) is 0 Å². The maximum absolute atomic E-state index is 12.4. The normalized spacial score (nSPS) is 19.8. The van der Waals surface area contributed by atoms with Crippen LogP contribution >= 0.6 is 11.3 Å². The first-order valence-corrected chi connectivity index (χ1v) is 9.73. The highest BCUT2D eigenvalue weighted by Gasteiger charge is 2.29. The number of likely N-dealkylation sites (tertiary alicyclic amines) is 1. The van der Waals surface area contributed by atoms with Crippen molar-refractivity contribution in [2.45, 2.75) is 32.3 Å². The summed E-state index contributed by atoms with van der Waals surface area (Å²) in [5.41, 5.74) is 0. The van der Waals surface area contributed by atoms with Gasteiger partial charge in [0.25, 0.3) is 0 Å². The van der Waals surface area contributed by atoms with Crippen LogP contribution in [0.15, 0.2) is 18.3 Å². The molecule has 2 aliphatic rings. The van der Waals surface area contributed by atoms with Crippen LogP contribution in [0.2, 0.25) is 0 Å². The second-order valence-electron chi connectivity index (χ2n) is 6.55. The second kappa shape index (κ2) is 7.45. The van der Waals surface area contributed by atoms with Crippen LogP contribution in [-0.4, -0.2) is 58.4 Å². The van der Waals surface area contributed by atoms with E-state index in [-0.39, 0.29) is 12.1 Å². The molecule has 0 unspecified atom stereocenters. The van der Waals surface area contributed by atoms with Gasteiger partial charge in [-0.05, 0) is 31.9 Å². The quantitative estimate of drug-likeness (QED) is 0.885. The first kappa shape index (κ1) is 17.0. The van der Waals surface area contributed by atoms with Gasteiger partial charge in [0.15, 0.2) is 11.6 Å². The third-order valence-corrected chi connectivity index (χ3v) is 5.38. The predicted octanol–water partition coefficient (Wildman–Crippen LogP) is 2.53. The molecule has 2 fully saturated rings. The molecule has 0 radical (unpaired) electrons. The molecule has 0 aliphatic carbocycles. The lowest BCUT2D eigenvalue weighted by Gasteiger charge is -2.22. The molecule has 2 aromatic heterocycles. The largest absolute Gasteiger partial charge is 0.485 e. The average Bonchev–Trinajstić information content (AvgIpc) is 3.38. The van der Waals surface area contributed by atoms with E-state index in [1.807, 2.05) is 19.1 Å². The molecule has 2 amide bonds. The van der Waals surface area contributed by atoms with Crippen molar-refractivity contribution in [3.8, 4) is 5.75 Å². The highest BCUT2D eigenvalue weighted by molar-refractivity contribution is 7.15. The van der Waals surface area contributed by atoms with Gasteiger partial charge in [0, 0.05) is 32.3 Å². The zero-order valence-corrected chi connectivity index (χ0v) is 15.5. The lowest BCUT2D eigenvalue weighted by Crippen LogP contribution is -2.34. The van der Waals surface area contributed by atoms with Crippen molar-refractivity contribution >= 4 is 28.3 Å². The minimum absolute atomic E-state index is 0.0255. The molecule has 1 N–H and O–H groups in total. The Balaban J connectivity index is 1.36. The van der Waals surface area contributed by atoms with E-state index in [9.17, 15) is 4.79 Å². The van der Waals surface area contributed by atoms with Crippen molar-refractivity contribution in [2.24, 2.45) is 0 Å². The number of carbonyl (C=O) groups is 1. The van der Waals surface area contributed by atoms with E-state index in [4.69, 9.17) is 4.74 Å². The minimum atomic E-state index is -0.154. The molecule has 1 atom stereocenters. The Labute approximate surface area is 156 Å². The highest BCUT2D eigenvalue weighted by Crippen LogP contribution is 2.30. The van der Waals surface area contributed by atoms with E-state index in [0.717, 1.165) is 36.1 Å². The molecule has 2 aliphatic heterocycles. The van der Waals surface area contributed by atoms with Crippen LogP contribution in [0, 0.1) is 6.92 Å². The van der Waals surface area contributed by atoms with Gasteiger partial charge in [0.05, 0.1) is 6.54 Å². The predicted molar refractivity (Wildman–Crippen MR) is 100.0 cm³/mol. The lowest BCUT2D eigenvalue weighted by molar-refractivity contribution is 0.195. The molecule has 8 nitrogen and oxygen atoms in total. The molecule has 0 spiro atoms. The molecule has 0 bridgehead atoms. The number of hydrogen-bond acceptors (Lipinski definition) is 7. The number of pyridine rings is 1. The van der Waals surface area contributed by atoms with E-state index in [1.165, 1.54) is 24.2 Å². The standard InChI is InChI=1S/C17H22N6O2S/c1-12-20-21-16(26-12)19-17(24)23-10-6-13(11-23)25-14-5-4-7-18-15(14)22-8-2-3-9-22/h4-5,7,13H,2-3,6,8-11H2,1H3,(H,19,21,24)/t13-/m0/s1. The summed E-state index contributed by atoms with van der Waals surface area (Å²) in [4.78, 5) is 20.9. The number of carbonyl (C=O) groups excluding carboxylic acids is 1. The Hall–Kier alpha value is -2.42. The Morgan fingerprint density at radius 1 is 1.31 bits per heavy atom. The number of ether oxygens (including phenoxy) is 1. The van der Waals surface area contributed by atoms with Crippen molar-refractivity contribution in [1.82, 2.24) is 20.1 Å². The number of hydrogen-bond donors (Lipinski definition) is 1. The monoisotopic (exact) mass is 374 g/mol. The molecular formula is C17H22N6O2S. The summed E-state index contributed by atoms with van der Waals surface area (Å²) in [6.07, 6.45) is 4.97. The number of rotatable bonds is 4. The first-order chi connectivity index (χ1) is 12.7. The van der Waals surface area contributed by atoms with Gasteiger partial charge < -0.3 is 14.5 Å². The molecule has 0 aromatic carbocycles. The van der Waals surface area contributed by atoms with Gasteiger partial charge >= 0.3 is 6.03 Å². The molecule has 0 saturated carbocycles. The number of aryl methyl sites for hydroxylation is 1. The van der Waals surface area contributed by atoms with E-state index < -0.39 is 0 Å². The van der Waals surface area contributed by atoms with Crippen LogP contribution in [0.5, 0.6) is 5.75 Å². The number of nitrogens with zero attached hydrogens (tertiary/aromatic N) is 5. The molecule has 9 heteroatoms. The summed E-state index contributed by atoms with van der Waals surface area (Å²) in [6, 6.07) is 3.71. The second-order valence-corrected chi connectivity index (χ2v) is 7.73. The highest BCUT2D eigenvalue weighted by atomic mass is 32.1. The summed E-state index contributed by atoms with van der Waals surface area (Å²) in [5, 5.41) is 12.0. The van der Waals surface area contributed by atoms with Crippen molar-refractivity contribution < 1.29 is 9.53 Å². The Morgan fingerprint density at radius 3 is 2.92 bits per heavy atom. The smallest absolute Gasteiger partial charge is 0.323 e. The molecule has 26 heavy (non-hydrogen) atoms. The van der Waals surface area contributed by atoms with E-state index in [0.29, 0.717) is 18.2 Å². The van der Waals surface area contributed by atoms with Crippen molar-refractivity contribution in [2.75, 3.05) is 36.4 Å². The van der Waals surface area contributed by atoms with Crippen LogP contribution in [0.1, 0.15) is 24.3 Å². The zero-order chi connectivity index (χ0) is 17.9. The molecule has 2 saturated heterocycles. The van der Waals surface area contributed by atoms with Gasteiger partial charge in [-0.3, -0.25) is 5.32 Å². The summed E-state index contributed by atoms with van der Waals surface area (Å²) in [6.45, 7) is 5.12. The van der Waals surface area contributed by atoms with Crippen LogP contribution in [0.4, 0.5) is 15.7 Å². The van der Waals surface area contributed by atoms with Crippen molar-refractivity contribution in [3.63, 3.8) is 0 Å². The average molecular weight is 374 g/mol. The van der Waals surface area contributed by atoms with Gasteiger partial charge in [0.1, 0.15) is 11.1 Å². The molecule has 4 heterocycles. The van der Waals surface area contributed by atoms with E-state index in [1.54, 1.807) is 11.1 Å². The first-order valence-electron chi connectivity index (χ1n) is 8.92. The third kappa shape index (κ3) is 3.72. The summed E-state index contributed by atoms with van der Waals surface area (Å²) in [7, 11) is 0. The van der Waals surface area contributed by atoms with Crippen LogP contribution < -0.4 is 15.0 Å². The molecule has 138 valence electrons. The van der Waals surface area contributed by atoms with Crippen molar-refractivity contribution in [3.05, 3.63) is 23.3 Å². The number of aromatic nitrogens is 3. The third-order valence-electron chi connectivity index (χ3n) is 4.62. The Kier molecular flexibility index (Phi) is 4.87. The molecular weight excluding hydrogens is 352 g/mol. The maximum Gasteiger partial charge on any atom is 0.323 e. The van der Waals surface area contributed by atoms with Gasteiger partial charge in [0.2, 0.25) is 5.13 Å². The van der Waals surface area contributed by atoms with E-state index >= 15 is 0 Å². The van der Waals surface area contributed by atoms with Gasteiger partial charge in [-0.1, -0.05) is 11.3 Å². The summed E-state index contributed by atoms with van der Waals surface area (Å²) in [5.74, 6) is 1.72. The van der Waals surface area contributed by atoms with Crippen molar-refractivity contribution in [1.29, 1.82) is 0 Å². The number of amides is 2. The molecule has 2 aromatic rings. The van der Waals surface area contributed by atoms with Gasteiger partial charge in [-0.2, -0.15) is 0 Å². The van der Waals surface area contributed by atoms with Crippen LogP contribution in [-0.2, 0) is 0 Å². The Morgan fingerprint density at radius 2 is 2.15 bits per heavy atom. The SMILES string of the molecule is Cc1nnc(NC(=O)N2CC[C@H](Oc3cccnc3N3CCCC3)C2)s1. The van der Waals surface area contributed by atoms with Crippen LogP contribution in [0.3, 0.4) is 0 Å². The summed E-state index contributed by atoms with van der Waals surface area (Å²) >= 11 is 1.37. The van der Waals surface area contributed by atoms with Gasteiger partial charge in [-0.15, -0.1) is 10.2 Å². The number of anilines is 2. The minimum Gasteiger partial charge on any atom is -0.485 e. The number of nitrogens with one attached hydrogen (secondary N) is 1. The fraction of sp³-hybridized carbons (Fsp3) is 0.529. The van der Waals surface area contributed by atoms with E-state index in [2.05, 4.69) is 25.4 Å². The summed E-state index contributed by atoms with van der Waals surface area (Å²) < 4.78 is 6.20. The number of urea groups is 1. The fourth-order valence-corrected chi connectivity index (χ4v) is 3.93. The topological polar surface area (TPSA) is 83.5 Å². The fourth-order valence-electron chi connectivity index (χ4n) is 3.35. The zero-order valence-electron chi connectivity index (χ0n) is 14.7. The van der Waals surface area contributed by atoms with Gasteiger partial charge in [-0.25, -0.2) is 9.78 Å². The maximum atomic E-state index is 12.4. The Bertz CT molecular complexity index is 776.